The van der Waals surface area contributed by atoms with Gasteiger partial charge >= 0.3 is 0 Å². The Morgan fingerprint density at radius 3 is 2.70 bits per heavy atom. The van der Waals surface area contributed by atoms with E-state index in [9.17, 15) is 8.42 Å². The van der Waals surface area contributed by atoms with Crippen LogP contribution in [0.3, 0.4) is 0 Å². The average Bonchev–Trinajstić information content (AvgIpc) is 3.05. The number of benzene rings is 1. The first-order chi connectivity index (χ1) is 11.1. The van der Waals surface area contributed by atoms with E-state index in [-0.39, 0.29) is 12.3 Å². The van der Waals surface area contributed by atoms with E-state index in [1.54, 1.807) is 16.1 Å². The molecule has 7 nitrogen and oxygen atoms in total. The van der Waals surface area contributed by atoms with E-state index in [0.717, 1.165) is 17.1 Å². The number of rotatable bonds is 6. The molecule has 23 heavy (non-hydrogen) atoms. The van der Waals surface area contributed by atoms with E-state index >= 15 is 0 Å². The van der Waals surface area contributed by atoms with Gasteiger partial charge in [-0.1, -0.05) is 18.2 Å². The van der Waals surface area contributed by atoms with Crippen LogP contribution in [0.15, 0.2) is 34.9 Å². The number of sulfonamides is 1. The third-order valence-electron chi connectivity index (χ3n) is 3.45. The number of anilines is 1. The molecule has 124 valence electrons. The molecular weight excluding hydrogens is 336 g/mol. The van der Waals surface area contributed by atoms with Crippen LogP contribution in [0.4, 0.5) is 5.95 Å². The summed E-state index contributed by atoms with van der Waals surface area (Å²) in [5.41, 5.74) is 0.825. The lowest BCUT2D eigenvalue weighted by Crippen LogP contribution is -2.40. The molecule has 2 heterocycles. The highest BCUT2D eigenvalue weighted by Crippen LogP contribution is 2.18. The van der Waals surface area contributed by atoms with E-state index in [2.05, 4.69) is 15.5 Å². The molecule has 3 rings (SSSR count). The minimum absolute atomic E-state index is 0.0207. The SMILES string of the molecule is O=S(=O)(CCNc1noc(-c2ccccc2)n1)N1CCSCC1. The Morgan fingerprint density at radius 1 is 1.22 bits per heavy atom. The van der Waals surface area contributed by atoms with Crippen LogP contribution in [0.25, 0.3) is 11.5 Å². The molecule has 0 aliphatic carbocycles. The summed E-state index contributed by atoms with van der Waals surface area (Å²) in [4.78, 5) is 4.21. The third-order valence-corrected chi connectivity index (χ3v) is 6.27. The van der Waals surface area contributed by atoms with Crippen molar-refractivity contribution >= 4 is 27.7 Å². The van der Waals surface area contributed by atoms with E-state index in [1.165, 1.54) is 0 Å². The van der Waals surface area contributed by atoms with Crippen LogP contribution in [0.5, 0.6) is 0 Å². The third kappa shape index (κ3) is 4.24. The molecule has 0 amide bonds. The number of hydrogen-bond acceptors (Lipinski definition) is 7. The molecule has 1 saturated heterocycles. The van der Waals surface area contributed by atoms with Gasteiger partial charge in [-0.05, 0) is 17.3 Å². The van der Waals surface area contributed by atoms with Crippen molar-refractivity contribution in [3.8, 4) is 11.5 Å². The van der Waals surface area contributed by atoms with Crippen LogP contribution in [0.1, 0.15) is 0 Å². The second kappa shape index (κ2) is 7.33. The molecular formula is C14H18N4O3S2. The molecule has 9 heteroatoms. The number of hydrogen-bond donors (Lipinski definition) is 1. The van der Waals surface area contributed by atoms with E-state index < -0.39 is 10.0 Å². The maximum atomic E-state index is 12.2. The highest BCUT2D eigenvalue weighted by molar-refractivity contribution is 7.99. The molecule has 0 spiro atoms. The highest BCUT2D eigenvalue weighted by Gasteiger charge is 2.23. The molecule has 1 fully saturated rings. The number of aromatic nitrogens is 2. The van der Waals surface area contributed by atoms with Crippen LogP contribution >= 0.6 is 11.8 Å². The first-order valence-corrected chi connectivity index (χ1v) is 10.1. The maximum absolute atomic E-state index is 12.2. The summed E-state index contributed by atoms with van der Waals surface area (Å²) >= 11 is 1.78. The Balaban J connectivity index is 1.54. The summed E-state index contributed by atoms with van der Waals surface area (Å²) in [6, 6.07) is 9.42. The van der Waals surface area contributed by atoms with Gasteiger partial charge in [-0.25, -0.2) is 12.7 Å². The first-order valence-electron chi connectivity index (χ1n) is 7.34. The lowest BCUT2D eigenvalue weighted by Gasteiger charge is -2.25. The summed E-state index contributed by atoms with van der Waals surface area (Å²) < 4.78 is 31.1. The highest BCUT2D eigenvalue weighted by atomic mass is 32.2. The van der Waals surface area contributed by atoms with Crippen LogP contribution in [-0.2, 0) is 10.0 Å². The molecule has 1 aliphatic heterocycles. The van der Waals surface area contributed by atoms with E-state index in [1.807, 2.05) is 30.3 Å². The summed E-state index contributed by atoms with van der Waals surface area (Å²) in [6.07, 6.45) is 0. The van der Waals surface area contributed by atoms with Gasteiger partial charge in [0.05, 0.1) is 5.75 Å². The zero-order valence-corrected chi connectivity index (χ0v) is 14.1. The van der Waals surface area contributed by atoms with Gasteiger partial charge in [-0.15, -0.1) is 0 Å². The fourth-order valence-corrected chi connectivity index (χ4v) is 4.73. The Bertz CT molecular complexity index is 727. The topological polar surface area (TPSA) is 88.3 Å². The molecule has 0 saturated carbocycles. The average molecular weight is 354 g/mol. The van der Waals surface area contributed by atoms with Gasteiger partial charge in [0.1, 0.15) is 0 Å². The van der Waals surface area contributed by atoms with Crippen molar-refractivity contribution in [2.24, 2.45) is 0 Å². The summed E-state index contributed by atoms with van der Waals surface area (Å²) in [5.74, 6) is 2.44. The van der Waals surface area contributed by atoms with Crippen molar-refractivity contribution in [3.05, 3.63) is 30.3 Å². The number of nitrogens with zero attached hydrogens (tertiary/aromatic N) is 3. The minimum Gasteiger partial charge on any atom is -0.350 e. The molecule has 1 N–H and O–H groups in total. The molecule has 1 aromatic heterocycles. The monoisotopic (exact) mass is 354 g/mol. The normalized spacial score (nSPS) is 16.3. The largest absolute Gasteiger partial charge is 0.350 e. The molecule has 2 aromatic rings. The van der Waals surface area contributed by atoms with Crippen LogP contribution < -0.4 is 5.32 Å². The molecule has 0 bridgehead atoms. The van der Waals surface area contributed by atoms with Gasteiger partial charge in [0, 0.05) is 36.7 Å². The zero-order chi connectivity index (χ0) is 16.1. The molecule has 1 aliphatic rings. The fourth-order valence-electron chi connectivity index (χ4n) is 2.24. The standard InChI is InChI=1S/C14H18N4O3S2/c19-23(20,18-7-9-22-10-8-18)11-6-15-14-16-13(21-17-14)12-4-2-1-3-5-12/h1-5H,6-11H2,(H,15,17). The van der Waals surface area contributed by atoms with Crippen molar-refractivity contribution in [3.63, 3.8) is 0 Å². The van der Waals surface area contributed by atoms with Gasteiger partial charge in [-0.3, -0.25) is 0 Å². The van der Waals surface area contributed by atoms with Gasteiger partial charge in [0.2, 0.25) is 10.0 Å². The van der Waals surface area contributed by atoms with Gasteiger partial charge in [-0.2, -0.15) is 16.7 Å². The fraction of sp³-hybridized carbons (Fsp3) is 0.429. The van der Waals surface area contributed by atoms with E-state index in [4.69, 9.17) is 4.52 Å². The van der Waals surface area contributed by atoms with Crippen molar-refractivity contribution in [2.45, 2.75) is 0 Å². The number of nitrogens with one attached hydrogen (secondary N) is 1. The van der Waals surface area contributed by atoms with Crippen LogP contribution in [0.2, 0.25) is 0 Å². The van der Waals surface area contributed by atoms with Crippen LogP contribution in [0, 0.1) is 0 Å². The van der Waals surface area contributed by atoms with E-state index in [0.29, 0.717) is 24.9 Å². The van der Waals surface area contributed by atoms with Crippen molar-refractivity contribution in [1.82, 2.24) is 14.4 Å². The second-order valence-electron chi connectivity index (χ2n) is 5.04. The molecule has 1 aromatic carbocycles. The van der Waals surface area contributed by atoms with Gasteiger partial charge in [0.15, 0.2) is 0 Å². The van der Waals surface area contributed by atoms with Crippen molar-refractivity contribution in [2.75, 3.05) is 42.2 Å². The van der Waals surface area contributed by atoms with Gasteiger partial charge in [0.25, 0.3) is 11.8 Å². The smallest absolute Gasteiger partial charge is 0.263 e. The lowest BCUT2D eigenvalue weighted by molar-refractivity contribution is 0.432. The first kappa shape index (κ1) is 16.3. The molecule has 0 unspecified atom stereocenters. The summed E-state index contributed by atoms with van der Waals surface area (Å²) in [7, 11) is -3.23. The van der Waals surface area contributed by atoms with Crippen molar-refractivity contribution < 1.29 is 12.9 Å². The summed E-state index contributed by atoms with van der Waals surface area (Å²) in [6.45, 7) is 1.43. The lowest BCUT2D eigenvalue weighted by atomic mass is 10.2. The minimum atomic E-state index is -3.23. The number of thioether (sulfide) groups is 1. The second-order valence-corrected chi connectivity index (χ2v) is 8.36. The zero-order valence-electron chi connectivity index (χ0n) is 12.5. The van der Waals surface area contributed by atoms with Gasteiger partial charge < -0.3 is 9.84 Å². The van der Waals surface area contributed by atoms with Crippen LogP contribution in [-0.4, -0.2) is 59.8 Å². The van der Waals surface area contributed by atoms with Crippen molar-refractivity contribution in [1.29, 1.82) is 0 Å². The Morgan fingerprint density at radius 2 is 1.96 bits per heavy atom. The maximum Gasteiger partial charge on any atom is 0.263 e. The Kier molecular flexibility index (Phi) is 5.19. The summed E-state index contributed by atoms with van der Waals surface area (Å²) in [5, 5.41) is 6.72. The Hall–Kier alpha value is -1.58. The quantitative estimate of drug-likeness (QED) is 0.841. The molecule has 0 radical (unpaired) electrons. The Labute approximate surface area is 139 Å². The molecule has 0 atom stereocenters. The predicted molar refractivity (Wildman–Crippen MR) is 90.9 cm³/mol. The predicted octanol–water partition coefficient (Wildman–Crippen LogP) is 1.53.